The summed E-state index contributed by atoms with van der Waals surface area (Å²) < 4.78 is 0. The van der Waals surface area contributed by atoms with Crippen molar-refractivity contribution in [3.63, 3.8) is 0 Å². The smallest absolute Gasteiger partial charge is 0.328 e. The lowest BCUT2D eigenvalue weighted by Gasteiger charge is -2.72. The minimum Gasteiger partial charge on any atom is -0.481 e. The van der Waals surface area contributed by atoms with E-state index < -0.39 is 17.4 Å². The molecule has 4 fully saturated rings. The summed E-state index contributed by atoms with van der Waals surface area (Å²) in [6.07, 6.45) is 14.9. The number of rotatable bonds is 5. The maximum Gasteiger partial charge on any atom is 0.328 e. The van der Waals surface area contributed by atoms with Crippen molar-refractivity contribution >= 4 is 23.6 Å². The molecule has 0 heterocycles. The number of carboxylic acids is 2. The molecule has 9 atom stereocenters. The molecular weight excluding hydrogens is 532 g/mol. The average molecular weight is 585 g/mol. The highest BCUT2D eigenvalue weighted by atomic mass is 16.4. The zero-order valence-corrected chi connectivity index (χ0v) is 27.2. The molecule has 0 spiro atoms. The van der Waals surface area contributed by atoms with E-state index >= 15 is 0 Å². The third-order valence-electron chi connectivity index (χ3n) is 14.7. The molecule has 9 unspecified atom stereocenters. The highest BCUT2D eigenvalue weighted by Crippen LogP contribution is 2.77. The normalized spacial score (nSPS) is 43.1. The molecule has 0 bridgehead atoms. The van der Waals surface area contributed by atoms with Crippen LogP contribution in [0.5, 0.6) is 0 Å². The Kier molecular flexibility index (Phi) is 7.03. The van der Waals surface area contributed by atoms with E-state index in [1.165, 1.54) is 42.0 Å². The Hall–Kier alpha value is -2.62. The molecule has 5 aliphatic carbocycles. The van der Waals surface area contributed by atoms with Crippen LogP contribution < -0.4 is 0 Å². The van der Waals surface area contributed by atoms with Gasteiger partial charge in [-0.25, -0.2) is 4.79 Å². The molecule has 0 saturated heterocycles. The average Bonchev–Trinajstić information content (AvgIpc) is 3.34. The lowest BCUT2D eigenvalue weighted by atomic mass is 9.32. The number of hydrogen-bond donors (Lipinski definition) is 2. The third kappa shape index (κ3) is 4.13. The van der Waals surface area contributed by atoms with E-state index in [9.17, 15) is 14.7 Å². The topological polar surface area (TPSA) is 74.6 Å². The second-order valence-corrected chi connectivity index (χ2v) is 16.5. The molecule has 1 aromatic carbocycles. The van der Waals surface area contributed by atoms with Crippen LogP contribution in [0.3, 0.4) is 0 Å². The summed E-state index contributed by atoms with van der Waals surface area (Å²) >= 11 is 0. The van der Waals surface area contributed by atoms with Gasteiger partial charge >= 0.3 is 11.9 Å². The van der Waals surface area contributed by atoms with Crippen molar-refractivity contribution in [1.82, 2.24) is 0 Å². The number of aliphatic carboxylic acids is 2. The second-order valence-electron chi connectivity index (χ2n) is 16.5. The number of allylic oxidation sites excluding steroid dienone is 3. The fourth-order valence-corrected chi connectivity index (χ4v) is 12.6. The zero-order chi connectivity index (χ0) is 31.2. The molecule has 2 N–H and O–H groups in total. The van der Waals surface area contributed by atoms with Gasteiger partial charge in [0, 0.05) is 6.08 Å². The van der Waals surface area contributed by atoms with Crippen LogP contribution in [0, 0.1) is 56.7 Å². The Morgan fingerprint density at radius 1 is 0.860 bits per heavy atom. The molecule has 0 radical (unpaired) electrons. The summed E-state index contributed by atoms with van der Waals surface area (Å²) in [6, 6.07) is 8.38. The lowest BCUT2D eigenvalue weighted by Crippen LogP contribution is -2.65. The number of hydrogen-bond acceptors (Lipinski definition) is 2. The van der Waals surface area contributed by atoms with Crippen LogP contribution in [-0.4, -0.2) is 22.2 Å². The Morgan fingerprint density at radius 3 is 2.19 bits per heavy atom. The molecule has 43 heavy (non-hydrogen) atoms. The van der Waals surface area contributed by atoms with Crippen molar-refractivity contribution in [2.24, 2.45) is 56.7 Å². The first-order chi connectivity index (χ1) is 20.1. The van der Waals surface area contributed by atoms with Crippen LogP contribution in [-0.2, 0) is 9.59 Å². The van der Waals surface area contributed by atoms with E-state index in [1.54, 1.807) is 6.08 Å². The molecule has 4 nitrogen and oxygen atoms in total. The van der Waals surface area contributed by atoms with Gasteiger partial charge in [-0.1, -0.05) is 77.1 Å². The first-order valence-electron chi connectivity index (χ1n) is 16.7. The molecule has 232 valence electrons. The van der Waals surface area contributed by atoms with E-state index in [2.05, 4.69) is 66.3 Å². The van der Waals surface area contributed by atoms with E-state index in [0.717, 1.165) is 44.1 Å². The Labute approximate surface area is 258 Å². The van der Waals surface area contributed by atoms with Crippen molar-refractivity contribution in [3.8, 4) is 0 Å². The van der Waals surface area contributed by atoms with Crippen molar-refractivity contribution in [3.05, 3.63) is 59.7 Å². The maximum absolute atomic E-state index is 12.9. The van der Waals surface area contributed by atoms with Gasteiger partial charge in [0.2, 0.25) is 0 Å². The van der Waals surface area contributed by atoms with Gasteiger partial charge in [0.15, 0.2) is 0 Å². The van der Waals surface area contributed by atoms with Crippen LogP contribution in [0.4, 0.5) is 0 Å². The quantitative estimate of drug-likeness (QED) is 0.267. The molecule has 4 saturated carbocycles. The number of carbonyl (C=O) groups is 2. The van der Waals surface area contributed by atoms with Crippen molar-refractivity contribution in [2.45, 2.75) is 99.3 Å². The van der Waals surface area contributed by atoms with E-state index in [1.807, 2.05) is 12.1 Å². The Balaban J connectivity index is 1.34. The standard InChI is InChI=1S/C39H52O4/c1-24(2)27-16-21-39(34(42)43)23-22-37(6)29(33(27)39)13-14-31-36(5)19-17-28(35(3,4)30(36)18-20-38(31,37)7)26-11-8-25(9-12-26)10-15-32(40)41/h8-12,15,17,27,29-31,33H,1,13-14,16,18-23H2,2-7H3,(H,40,41)(H,42,43). The van der Waals surface area contributed by atoms with Crippen molar-refractivity contribution < 1.29 is 19.8 Å². The first kappa shape index (κ1) is 30.4. The van der Waals surface area contributed by atoms with Gasteiger partial charge in [0.25, 0.3) is 0 Å². The van der Waals surface area contributed by atoms with Crippen LogP contribution in [0.1, 0.15) is 110 Å². The molecular formula is C39H52O4. The van der Waals surface area contributed by atoms with E-state index in [-0.39, 0.29) is 27.6 Å². The molecule has 1 aromatic rings. The Morgan fingerprint density at radius 2 is 1.56 bits per heavy atom. The summed E-state index contributed by atoms with van der Waals surface area (Å²) in [5.41, 5.74) is 4.74. The predicted molar refractivity (Wildman–Crippen MR) is 173 cm³/mol. The fraction of sp³-hybridized carbons (Fsp3) is 0.641. The summed E-state index contributed by atoms with van der Waals surface area (Å²) in [7, 11) is 0. The van der Waals surface area contributed by atoms with Crippen molar-refractivity contribution in [2.75, 3.05) is 0 Å². The molecule has 5 aliphatic rings. The highest BCUT2D eigenvalue weighted by Gasteiger charge is 2.71. The number of benzene rings is 1. The third-order valence-corrected chi connectivity index (χ3v) is 14.7. The Bertz CT molecular complexity index is 1400. The van der Waals surface area contributed by atoms with Gasteiger partial charge in [-0.3, -0.25) is 4.79 Å². The summed E-state index contributed by atoms with van der Waals surface area (Å²) in [4.78, 5) is 23.9. The van der Waals surface area contributed by atoms with Gasteiger partial charge in [0.1, 0.15) is 0 Å². The maximum atomic E-state index is 12.9. The number of fused-ring (bicyclic) bond motifs is 7. The second kappa shape index (κ2) is 9.94. The highest BCUT2D eigenvalue weighted by molar-refractivity contribution is 5.85. The molecule has 0 aliphatic heterocycles. The van der Waals surface area contributed by atoms with Gasteiger partial charge in [-0.05, 0) is 139 Å². The first-order valence-corrected chi connectivity index (χ1v) is 16.7. The summed E-state index contributed by atoms with van der Waals surface area (Å²) in [5.74, 6) is 0.692. The van der Waals surface area contributed by atoms with E-state index in [0.29, 0.717) is 23.7 Å². The predicted octanol–water partition coefficient (Wildman–Crippen LogP) is 9.52. The van der Waals surface area contributed by atoms with Gasteiger partial charge < -0.3 is 10.2 Å². The zero-order valence-electron chi connectivity index (χ0n) is 27.2. The minimum atomic E-state index is -0.931. The van der Waals surface area contributed by atoms with Gasteiger partial charge in [0.05, 0.1) is 5.41 Å². The molecule has 0 amide bonds. The molecule has 0 aromatic heterocycles. The van der Waals surface area contributed by atoms with Crippen LogP contribution >= 0.6 is 0 Å². The fourth-order valence-electron chi connectivity index (χ4n) is 12.6. The van der Waals surface area contributed by atoms with Crippen LogP contribution in [0.25, 0.3) is 11.6 Å². The number of carboxylic acid groups (broad SMARTS) is 2. The SMILES string of the molecule is C=C(C)C1CCC2(C(=O)O)CCC3(C)C(CCC4C5(C)CC=C(c6ccc(C=CC(=O)O)cc6)C(C)(C)C5CCC43C)C12. The monoisotopic (exact) mass is 584 g/mol. The van der Waals surface area contributed by atoms with E-state index in [4.69, 9.17) is 5.11 Å². The summed E-state index contributed by atoms with van der Waals surface area (Å²) in [5, 5.41) is 19.6. The lowest BCUT2D eigenvalue weighted by molar-refractivity contribution is -0.227. The van der Waals surface area contributed by atoms with Gasteiger partial charge in [-0.2, -0.15) is 0 Å². The minimum absolute atomic E-state index is 0.0199. The molecule has 4 heteroatoms. The summed E-state index contributed by atoms with van der Waals surface area (Å²) in [6.45, 7) is 19.2. The van der Waals surface area contributed by atoms with Crippen molar-refractivity contribution in [1.29, 1.82) is 0 Å². The largest absolute Gasteiger partial charge is 0.481 e. The molecule has 6 rings (SSSR count). The van der Waals surface area contributed by atoms with Crippen LogP contribution in [0.15, 0.2) is 48.6 Å². The van der Waals surface area contributed by atoms with Crippen LogP contribution in [0.2, 0.25) is 0 Å². The van der Waals surface area contributed by atoms with Gasteiger partial charge in [-0.15, -0.1) is 0 Å².